The number of hydrogen-bond donors (Lipinski definition) is 1. The van der Waals surface area contributed by atoms with Crippen molar-refractivity contribution in [1.29, 1.82) is 0 Å². The summed E-state index contributed by atoms with van der Waals surface area (Å²) in [4.78, 5) is 8.36. The monoisotopic (exact) mass is 289 g/mol. The van der Waals surface area contributed by atoms with Crippen LogP contribution in [0.3, 0.4) is 0 Å². The maximum absolute atomic E-state index is 6.14. The fourth-order valence-corrected chi connectivity index (χ4v) is 2.45. The van der Waals surface area contributed by atoms with Crippen molar-refractivity contribution >= 4 is 17.4 Å². The van der Waals surface area contributed by atoms with E-state index in [0.29, 0.717) is 5.15 Å². The van der Waals surface area contributed by atoms with Crippen molar-refractivity contribution in [3.8, 4) is 0 Å². The van der Waals surface area contributed by atoms with Crippen LogP contribution in [0, 0.1) is 6.92 Å². The highest BCUT2D eigenvalue weighted by Gasteiger charge is 2.08. The molecule has 0 saturated carbocycles. The van der Waals surface area contributed by atoms with Crippen LogP contribution in [0.25, 0.3) is 0 Å². The second-order valence-electron chi connectivity index (χ2n) is 4.84. The number of aryl methyl sites for hydroxylation is 1. The molecule has 0 unspecified atom stereocenters. The van der Waals surface area contributed by atoms with Gasteiger partial charge >= 0.3 is 0 Å². The molecule has 0 saturated heterocycles. The molecule has 1 heterocycles. The van der Waals surface area contributed by atoms with Crippen LogP contribution in [0.5, 0.6) is 0 Å². The molecule has 20 heavy (non-hydrogen) atoms. The van der Waals surface area contributed by atoms with E-state index in [1.54, 1.807) is 0 Å². The predicted molar refractivity (Wildman–Crippen MR) is 84.4 cm³/mol. The minimum atomic E-state index is 0.556. The molecule has 0 bridgehead atoms. The molecule has 3 nitrogen and oxygen atoms in total. The lowest BCUT2D eigenvalue weighted by molar-refractivity contribution is 0.893. The Morgan fingerprint density at radius 1 is 1.15 bits per heavy atom. The van der Waals surface area contributed by atoms with Gasteiger partial charge in [0.2, 0.25) is 0 Å². The van der Waals surface area contributed by atoms with Crippen molar-refractivity contribution in [2.24, 2.45) is 0 Å². The maximum atomic E-state index is 6.14. The molecule has 0 aliphatic heterocycles. The van der Waals surface area contributed by atoms with Gasteiger partial charge in [-0.1, -0.05) is 49.2 Å². The standard InChI is InChI=1S/C16H20ClN3/c1-3-6-14-15(17)19-11-20-16(14)18-10-9-13-8-5-4-7-12(13)2/h4-5,7-8,11H,3,6,9-10H2,1-2H3,(H,18,19,20). The van der Waals surface area contributed by atoms with Crippen molar-refractivity contribution < 1.29 is 0 Å². The summed E-state index contributed by atoms with van der Waals surface area (Å²) in [5, 5.41) is 3.93. The molecule has 0 spiro atoms. The van der Waals surface area contributed by atoms with E-state index in [4.69, 9.17) is 11.6 Å². The van der Waals surface area contributed by atoms with E-state index in [9.17, 15) is 0 Å². The number of hydrogen-bond acceptors (Lipinski definition) is 3. The second kappa shape index (κ2) is 7.25. The van der Waals surface area contributed by atoms with Gasteiger partial charge in [-0.2, -0.15) is 0 Å². The zero-order valence-corrected chi connectivity index (χ0v) is 12.7. The van der Waals surface area contributed by atoms with Gasteiger partial charge in [-0.3, -0.25) is 0 Å². The topological polar surface area (TPSA) is 37.8 Å². The molecule has 0 amide bonds. The number of nitrogens with one attached hydrogen (secondary N) is 1. The number of benzene rings is 1. The van der Waals surface area contributed by atoms with Gasteiger partial charge in [-0.25, -0.2) is 9.97 Å². The van der Waals surface area contributed by atoms with Gasteiger partial charge in [0.15, 0.2) is 0 Å². The molecule has 2 rings (SSSR count). The van der Waals surface area contributed by atoms with E-state index in [1.807, 2.05) is 0 Å². The lowest BCUT2D eigenvalue weighted by Gasteiger charge is -2.12. The summed E-state index contributed by atoms with van der Waals surface area (Å²) in [6, 6.07) is 8.44. The summed E-state index contributed by atoms with van der Waals surface area (Å²) in [7, 11) is 0. The Kier molecular flexibility index (Phi) is 5.36. The first kappa shape index (κ1) is 14.8. The second-order valence-corrected chi connectivity index (χ2v) is 5.20. The Labute approximate surface area is 125 Å². The molecular weight excluding hydrogens is 270 g/mol. The summed E-state index contributed by atoms with van der Waals surface area (Å²) in [5.74, 6) is 0.862. The number of rotatable bonds is 6. The largest absolute Gasteiger partial charge is 0.369 e. The van der Waals surface area contributed by atoms with Crippen LogP contribution >= 0.6 is 11.6 Å². The molecule has 0 fully saturated rings. The number of nitrogens with zero attached hydrogens (tertiary/aromatic N) is 2. The Balaban J connectivity index is 2.01. The highest BCUT2D eigenvalue weighted by atomic mass is 35.5. The third-order valence-electron chi connectivity index (χ3n) is 3.34. The highest BCUT2D eigenvalue weighted by molar-refractivity contribution is 6.30. The van der Waals surface area contributed by atoms with Crippen LogP contribution in [0.2, 0.25) is 5.15 Å². The van der Waals surface area contributed by atoms with Crippen LogP contribution in [0.4, 0.5) is 5.82 Å². The summed E-state index contributed by atoms with van der Waals surface area (Å²) in [6.07, 6.45) is 4.41. The molecular formula is C16H20ClN3. The summed E-state index contributed by atoms with van der Waals surface area (Å²) in [5.41, 5.74) is 3.70. The average Bonchev–Trinajstić information content (AvgIpc) is 2.44. The molecule has 0 radical (unpaired) electrons. The first-order chi connectivity index (χ1) is 9.72. The summed E-state index contributed by atoms with van der Waals surface area (Å²) >= 11 is 6.14. The van der Waals surface area contributed by atoms with Crippen molar-refractivity contribution in [1.82, 2.24) is 9.97 Å². The van der Waals surface area contributed by atoms with Crippen LogP contribution in [-0.2, 0) is 12.8 Å². The van der Waals surface area contributed by atoms with Crippen molar-refractivity contribution in [3.63, 3.8) is 0 Å². The summed E-state index contributed by atoms with van der Waals surface area (Å²) < 4.78 is 0. The van der Waals surface area contributed by atoms with E-state index in [0.717, 1.165) is 37.2 Å². The van der Waals surface area contributed by atoms with Gasteiger partial charge in [-0.05, 0) is 30.9 Å². The lowest BCUT2D eigenvalue weighted by atomic mass is 10.1. The minimum absolute atomic E-state index is 0.556. The molecule has 2 aromatic rings. The van der Waals surface area contributed by atoms with Crippen molar-refractivity contribution in [2.75, 3.05) is 11.9 Å². The van der Waals surface area contributed by atoms with Gasteiger partial charge in [0.25, 0.3) is 0 Å². The predicted octanol–water partition coefficient (Wildman–Crippen LogP) is 4.05. The van der Waals surface area contributed by atoms with E-state index in [2.05, 4.69) is 53.4 Å². The quantitative estimate of drug-likeness (QED) is 0.816. The van der Waals surface area contributed by atoms with Crippen molar-refractivity contribution in [3.05, 3.63) is 52.4 Å². The lowest BCUT2D eigenvalue weighted by Crippen LogP contribution is -2.10. The van der Waals surface area contributed by atoms with E-state index < -0.39 is 0 Å². The first-order valence-electron chi connectivity index (χ1n) is 7.00. The SMILES string of the molecule is CCCc1c(Cl)ncnc1NCCc1ccccc1C. The van der Waals surface area contributed by atoms with Gasteiger partial charge in [0.05, 0.1) is 0 Å². The third-order valence-corrected chi connectivity index (χ3v) is 3.67. The van der Waals surface area contributed by atoms with Gasteiger partial charge in [0.1, 0.15) is 17.3 Å². The normalized spacial score (nSPS) is 10.6. The smallest absolute Gasteiger partial charge is 0.137 e. The number of halogens is 1. The van der Waals surface area contributed by atoms with E-state index >= 15 is 0 Å². The fraction of sp³-hybridized carbons (Fsp3) is 0.375. The Morgan fingerprint density at radius 3 is 2.70 bits per heavy atom. The highest BCUT2D eigenvalue weighted by Crippen LogP contribution is 2.21. The van der Waals surface area contributed by atoms with Gasteiger partial charge in [-0.15, -0.1) is 0 Å². The molecule has 0 aliphatic carbocycles. The summed E-state index contributed by atoms with van der Waals surface area (Å²) in [6.45, 7) is 5.11. The van der Waals surface area contributed by atoms with E-state index in [1.165, 1.54) is 17.5 Å². The van der Waals surface area contributed by atoms with Crippen LogP contribution in [0.15, 0.2) is 30.6 Å². The Hall–Kier alpha value is -1.61. The molecule has 0 atom stereocenters. The first-order valence-corrected chi connectivity index (χ1v) is 7.38. The molecule has 4 heteroatoms. The number of anilines is 1. The average molecular weight is 290 g/mol. The number of aromatic nitrogens is 2. The van der Waals surface area contributed by atoms with Crippen LogP contribution < -0.4 is 5.32 Å². The van der Waals surface area contributed by atoms with Crippen molar-refractivity contribution in [2.45, 2.75) is 33.1 Å². The zero-order valence-electron chi connectivity index (χ0n) is 12.0. The van der Waals surface area contributed by atoms with Gasteiger partial charge < -0.3 is 5.32 Å². The minimum Gasteiger partial charge on any atom is -0.369 e. The molecule has 1 N–H and O–H groups in total. The van der Waals surface area contributed by atoms with Crippen LogP contribution in [0.1, 0.15) is 30.0 Å². The Morgan fingerprint density at radius 2 is 1.95 bits per heavy atom. The molecule has 1 aromatic carbocycles. The zero-order chi connectivity index (χ0) is 14.4. The third kappa shape index (κ3) is 3.70. The van der Waals surface area contributed by atoms with Gasteiger partial charge in [0, 0.05) is 12.1 Å². The Bertz CT molecular complexity index is 569. The fourth-order valence-electron chi connectivity index (χ4n) is 2.22. The van der Waals surface area contributed by atoms with Crippen LogP contribution in [-0.4, -0.2) is 16.5 Å². The maximum Gasteiger partial charge on any atom is 0.137 e. The molecule has 106 valence electrons. The molecule has 0 aliphatic rings. The van der Waals surface area contributed by atoms with E-state index in [-0.39, 0.29) is 0 Å². The molecule has 1 aromatic heterocycles.